The number of rotatable bonds is 6. The van der Waals surface area contributed by atoms with E-state index in [0.29, 0.717) is 5.56 Å². The summed E-state index contributed by atoms with van der Waals surface area (Å²) in [6, 6.07) is 10.4. The Morgan fingerprint density at radius 1 is 0.953 bits per heavy atom. The van der Waals surface area contributed by atoms with Gasteiger partial charge in [-0.1, -0.05) is 17.7 Å². The van der Waals surface area contributed by atoms with E-state index in [1.165, 1.54) is 54.8 Å². The summed E-state index contributed by atoms with van der Waals surface area (Å²) < 4.78 is 101. The van der Waals surface area contributed by atoms with Gasteiger partial charge in [0.05, 0.1) is 22.2 Å². The Hall–Kier alpha value is -4.07. The Labute approximate surface area is 247 Å². The lowest BCUT2D eigenvalue weighted by atomic mass is 9.97. The molecule has 7 nitrogen and oxygen atoms in total. The maximum atomic E-state index is 15.0. The number of aryl methyl sites for hydroxylation is 2. The smallest absolute Gasteiger partial charge is 0.434 e. The zero-order valence-corrected chi connectivity index (χ0v) is 24.2. The lowest BCUT2D eigenvalue weighted by Gasteiger charge is -2.15. The van der Waals surface area contributed by atoms with E-state index in [4.69, 9.17) is 16.0 Å². The molecule has 5 aromatic rings. The number of oxazole rings is 1. The minimum absolute atomic E-state index is 0.00868. The van der Waals surface area contributed by atoms with Crippen LogP contribution >= 0.6 is 11.6 Å². The van der Waals surface area contributed by atoms with Crippen molar-refractivity contribution in [3.05, 3.63) is 94.4 Å². The van der Waals surface area contributed by atoms with Crippen molar-refractivity contribution < 1.29 is 39.9 Å². The minimum Gasteiger partial charge on any atom is -0.440 e. The third kappa shape index (κ3) is 5.79. The fourth-order valence-corrected chi connectivity index (χ4v) is 5.80. The zero-order valence-electron chi connectivity index (χ0n) is 22.6. The molecular formula is C29H21ClF5N3O4S. The van der Waals surface area contributed by atoms with E-state index in [9.17, 15) is 31.1 Å². The van der Waals surface area contributed by atoms with Crippen molar-refractivity contribution in [2.75, 3.05) is 6.26 Å². The number of sulfone groups is 1. The number of halogens is 6. The van der Waals surface area contributed by atoms with E-state index in [-0.39, 0.29) is 50.6 Å². The van der Waals surface area contributed by atoms with Gasteiger partial charge in [0.25, 0.3) is 0 Å². The van der Waals surface area contributed by atoms with Crippen molar-refractivity contribution in [3.8, 4) is 39.4 Å². The van der Waals surface area contributed by atoms with Crippen molar-refractivity contribution in [1.29, 1.82) is 0 Å². The highest BCUT2D eigenvalue weighted by atomic mass is 35.5. The van der Waals surface area contributed by atoms with Gasteiger partial charge in [-0.25, -0.2) is 27.2 Å². The first kappa shape index (κ1) is 30.4. The molecule has 0 aliphatic carbocycles. The molecule has 0 amide bonds. The SMILES string of the molecule is Cc1nc(-c2cc(-c3cc(F)c(CO)c(S(C)(=O)=O)c3)ccc2-n2cc(C(F)(F)F)nc2C)c(-c2ccc(F)c(Cl)c2)o1. The van der Waals surface area contributed by atoms with Crippen LogP contribution in [0.3, 0.4) is 0 Å². The average molecular weight is 638 g/mol. The summed E-state index contributed by atoms with van der Waals surface area (Å²) >= 11 is 6.00. The van der Waals surface area contributed by atoms with Crippen LogP contribution in [0.25, 0.3) is 39.4 Å². The standard InChI is InChI=1S/C29H21ClF5N3O4S/c1-14-36-26(29(33,34)35)12-38(14)24-7-5-16(18-10-23(32)20(13-39)25(11-18)43(3,40)41)8-19(24)27-28(42-15(2)37-27)17-4-6-22(31)21(30)9-17/h4-12,39H,13H2,1-3H3. The van der Waals surface area contributed by atoms with Crippen molar-refractivity contribution in [2.45, 2.75) is 31.5 Å². The molecule has 0 spiro atoms. The van der Waals surface area contributed by atoms with Gasteiger partial charge >= 0.3 is 6.18 Å². The van der Waals surface area contributed by atoms with Gasteiger partial charge in [0.2, 0.25) is 0 Å². The van der Waals surface area contributed by atoms with Gasteiger partial charge in [-0.15, -0.1) is 0 Å². The second-order valence-corrected chi connectivity index (χ2v) is 12.1. The third-order valence-electron chi connectivity index (χ3n) is 6.65. The number of imidazole rings is 1. The summed E-state index contributed by atoms with van der Waals surface area (Å²) in [5, 5.41) is 9.39. The zero-order chi connectivity index (χ0) is 31.4. The van der Waals surface area contributed by atoms with Gasteiger partial charge in [0, 0.05) is 36.1 Å². The molecule has 2 heterocycles. The highest BCUT2D eigenvalue weighted by Gasteiger charge is 2.35. The molecule has 5 rings (SSSR count). The predicted octanol–water partition coefficient (Wildman–Crippen LogP) is 7.32. The lowest BCUT2D eigenvalue weighted by Crippen LogP contribution is -2.06. The fourth-order valence-electron chi connectivity index (χ4n) is 4.67. The molecule has 3 aromatic carbocycles. The normalized spacial score (nSPS) is 12.2. The van der Waals surface area contributed by atoms with E-state index in [2.05, 4.69) is 9.97 Å². The van der Waals surface area contributed by atoms with Crippen LogP contribution in [0.1, 0.15) is 23.0 Å². The monoisotopic (exact) mass is 637 g/mol. The molecule has 224 valence electrons. The van der Waals surface area contributed by atoms with Gasteiger partial charge < -0.3 is 14.1 Å². The summed E-state index contributed by atoms with van der Waals surface area (Å²) in [4.78, 5) is 7.68. The van der Waals surface area contributed by atoms with Gasteiger partial charge in [-0.3, -0.25) is 0 Å². The number of hydrogen-bond donors (Lipinski definition) is 1. The molecule has 0 atom stereocenters. The summed E-state index contributed by atoms with van der Waals surface area (Å²) in [7, 11) is -3.97. The number of nitrogens with zero attached hydrogens (tertiary/aromatic N) is 3. The highest BCUT2D eigenvalue weighted by Crippen LogP contribution is 2.40. The Morgan fingerprint density at radius 2 is 1.65 bits per heavy atom. The van der Waals surface area contributed by atoms with Gasteiger partial charge in [-0.05, 0) is 60.5 Å². The van der Waals surface area contributed by atoms with Crippen LogP contribution in [-0.4, -0.2) is 34.3 Å². The number of hydrogen-bond acceptors (Lipinski definition) is 6. The maximum absolute atomic E-state index is 15.0. The fraction of sp³-hybridized carbons (Fsp3) is 0.172. The second kappa shape index (κ2) is 10.9. The molecule has 0 bridgehead atoms. The topological polar surface area (TPSA) is 98.2 Å². The molecule has 14 heteroatoms. The molecule has 0 aliphatic heterocycles. The van der Waals surface area contributed by atoms with Crippen LogP contribution in [0, 0.1) is 25.5 Å². The number of alkyl halides is 3. The predicted molar refractivity (Wildman–Crippen MR) is 148 cm³/mol. The summed E-state index contributed by atoms with van der Waals surface area (Å²) in [6.07, 6.45) is -3.05. The molecule has 1 N–H and O–H groups in total. The maximum Gasteiger partial charge on any atom is 0.434 e. The van der Waals surface area contributed by atoms with Crippen molar-refractivity contribution >= 4 is 21.4 Å². The second-order valence-electron chi connectivity index (χ2n) is 9.68. The van der Waals surface area contributed by atoms with Crippen LogP contribution in [0.15, 0.2) is 64.0 Å². The van der Waals surface area contributed by atoms with Gasteiger partial charge in [0.1, 0.15) is 23.2 Å². The number of aliphatic hydroxyl groups is 1. The largest absolute Gasteiger partial charge is 0.440 e. The average Bonchev–Trinajstić information content (AvgIpc) is 3.51. The van der Waals surface area contributed by atoms with E-state index in [1.807, 2.05) is 0 Å². The van der Waals surface area contributed by atoms with Crippen molar-refractivity contribution in [2.24, 2.45) is 0 Å². The summed E-state index contributed by atoms with van der Waals surface area (Å²) in [5.41, 5.74) is -0.337. The molecule has 0 unspecified atom stereocenters. The Morgan fingerprint density at radius 3 is 2.26 bits per heavy atom. The first-order chi connectivity index (χ1) is 20.1. The van der Waals surface area contributed by atoms with E-state index < -0.39 is 50.4 Å². The van der Waals surface area contributed by atoms with Crippen LogP contribution < -0.4 is 0 Å². The summed E-state index contributed by atoms with van der Waals surface area (Å²) in [5.74, 6) is -1.38. The first-order valence-corrected chi connectivity index (χ1v) is 14.7. The Kier molecular flexibility index (Phi) is 7.69. The molecule has 0 aliphatic rings. The highest BCUT2D eigenvalue weighted by molar-refractivity contribution is 7.90. The van der Waals surface area contributed by atoms with Crippen LogP contribution in [0.2, 0.25) is 5.02 Å². The minimum atomic E-state index is -4.73. The first-order valence-electron chi connectivity index (χ1n) is 12.4. The Balaban J connectivity index is 1.81. The van der Waals surface area contributed by atoms with Crippen LogP contribution in [0.5, 0.6) is 0 Å². The summed E-state index contributed by atoms with van der Waals surface area (Å²) in [6.45, 7) is 2.05. The quantitative estimate of drug-likeness (QED) is 0.196. The molecule has 0 fully saturated rings. The van der Waals surface area contributed by atoms with Crippen molar-refractivity contribution in [1.82, 2.24) is 14.5 Å². The van der Waals surface area contributed by atoms with E-state index in [0.717, 1.165) is 24.6 Å². The van der Waals surface area contributed by atoms with E-state index >= 15 is 4.39 Å². The van der Waals surface area contributed by atoms with Gasteiger partial charge in [0.15, 0.2) is 27.2 Å². The Bertz CT molecular complexity index is 2000. The number of aliphatic hydroxyl groups excluding tert-OH is 1. The molecule has 0 saturated carbocycles. The lowest BCUT2D eigenvalue weighted by molar-refractivity contribution is -0.141. The molecule has 43 heavy (non-hydrogen) atoms. The molecule has 0 radical (unpaired) electrons. The van der Waals surface area contributed by atoms with Crippen molar-refractivity contribution in [3.63, 3.8) is 0 Å². The van der Waals surface area contributed by atoms with Crippen LogP contribution in [0.4, 0.5) is 22.0 Å². The molecule has 2 aromatic heterocycles. The molecular weight excluding hydrogens is 617 g/mol. The van der Waals surface area contributed by atoms with Gasteiger partial charge in [-0.2, -0.15) is 13.2 Å². The number of aromatic nitrogens is 3. The number of benzene rings is 3. The van der Waals surface area contributed by atoms with Crippen LogP contribution in [-0.2, 0) is 22.6 Å². The molecule has 0 saturated heterocycles. The van der Waals surface area contributed by atoms with E-state index in [1.54, 1.807) is 0 Å². The third-order valence-corrected chi connectivity index (χ3v) is 8.10.